The molecule has 11 heteroatoms. The lowest BCUT2D eigenvalue weighted by Gasteiger charge is -2.33. The van der Waals surface area contributed by atoms with Gasteiger partial charge in [-0.3, -0.25) is 9.59 Å². The molecule has 2 N–H and O–H groups in total. The molecule has 0 saturated carbocycles. The second kappa shape index (κ2) is 9.86. The fourth-order valence-corrected chi connectivity index (χ4v) is 5.49. The third-order valence-corrected chi connectivity index (χ3v) is 7.26. The molecule has 2 aromatic carbocycles. The van der Waals surface area contributed by atoms with Gasteiger partial charge in [0, 0.05) is 17.7 Å². The molecule has 0 saturated heterocycles. The number of thioether (sulfide) groups is 1. The number of nitrogens with one attached hydrogen (secondary N) is 2. The van der Waals surface area contributed by atoms with Crippen LogP contribution < -0.4 is 20.1 Å². The van der Waals surface area contributed by atoms with Crippen LogP contribution in [0.2, 0.25) is 0 Å². The largest absolute Gasteiger partial charge is 0.454 e. The Morgan fingerprint density at radius 1 is 1.16 bits per heavy atom. The van der Waals surface area contributed by atoms with Gasteiger partial charge in [-0.25, -0.2) is 0 Å². The number of Topliss-reactive ketones (excluding diaryl/α,β-unsaturated/α-hetero) is 1. The van der Waals surface area contributed by atoms with E-state index in [1.54, 1.807) is 18.2 Å². The van der Waals surface area contributed by atoms with Crippen LogP contribution in [0.1, 0.15) is 36.3 Å². The van der Waals surface area contributed by atoms with Crippen LogP contribution in [0.4, 0.5) is 18.9 Å². The molecule has 2 aromatic rings. The van der Waals surface area contributed by atoms with Crippen LogP contribution >= 0.6 is 11.8 Å². The quantitative estimate of drug-likeness (QED) is 0.549. The van der Waals surface area contributed by atoms with E-state index in [4.69, 9.17) is 9.47 Å². The van der Waals surface area contributed by atoms with Crippen molar-refractivity contribution in [3.63, 3.8) is 0 Å². The number of alkyl halides is 3. The van der Waals surface area contributed by atoms with E-state index in [9.17, 15) is 28.0 Å². The molecule has 0 bridgehead atoms. The summed E-state index contributed by atoms with van der Waals surface area (Å²) in [6.45, 7) is 0.0759. The van der Waals surface area contributed by atoms with E-state index < -0.39 is 23.6 Å². The van der Waals surface area contributed by atoms with Gasteiger partial charge >= 0.3 is 6.18 Å². The van der Waals surface area contributed by atoms with E-state index in [1.165, 1.54) is 18.2 Å². The van der Waals surface area contributed by atoms with Crippen molar-refractivity contribution < 1.29 is 32.2 Å². The molecular formula is C26H20F3N3O4S. The Morgan fingerprint density at radius 3 is 2.73 bits per heavy atom. The standard InChI is InChI=1S/C26H20F3N3O4S/c27-26(28,29)16-4-1-2-5-17(16)31-22(34)12-37-25-15(11-30)23(24-18(32-25)6-3-7-19(24)33)14-8-9-20-21(10-14)36-13-35-20/h1-2,4-5,8-10,23,32H,3,6-7,12-13H2,(H,31,34). The molecule has 1 aliphatic carbocycles. The second-order valence-electron chi connectivity index (χ2n) is 8.57. The second-order valence-corrected chi connectivity index (χ2v) is 9.56. The van der Waals surface area contributed by atoms with E-state index in [1.807, 2.05) is 0 Å². The maximum atomic E-state index is 13.3. The monoisotopic (exact) mass is 527 g/mol. The lowest BCUT2D eigenvalue weighted by atomic mass is 9.77. The van der Waals surface area contributed by atoms with Crippen LogP contribution in [-0.4, -0.2) is 24.2 Å². The van der Waals surface area contributed by atoms with E-state index >= 15 is 0 Å². The highest BCUT2D eigenvalue weighted by molar-refractivity contribution is 8.03. The summed E-state index contributed by atoms with van der Waals surface area (Å²) in [5, 5.41) is 16.0. The van der Waals surface area contributed by atoms with Crippen molar-refractivity contribution in [2.75, 3.05) is 17.9 Å². The number of nitriles is 1. The smallest absolute Gasteiger partial charge is 0.418 e. The fraction of sp³-hybridized carbons (Fsp3) is 0.269. The summed E-state index contributed by atoms with van der Waals surface area (Å²) in [4.78, 5) is 25.6. The number of dihydropyridines is 1. The number of carbonyl (C=O) groups excluding carboxylic acids is 2. The Balaban J connectivity index is 1.43. The molecule has 1 atom stereocenters. The van der Waals surface area contributed by atoms with E-state index in [2.05, 4.69) is 16.7 Å². The van der Waals surface area contributed by atoms with Gasteiger partial charge in [-0.2, -0.15) is 18.4 Å². The number of ketones is 1. The molecule has 190 valence electrons. The zero-order valence-corrected chi connectivity index (χ0v) is 20.1. The van der Waals surface area contributed by atoms with Gasteiger partial charge in [0.25, 0.3) is 0 Å². The molecule has 5 rings (SSSR count). The minimum Gasteiger partial charge on any atom is -0.454 e. The van der Waals surface area contributed by atoms with Crippen molar-refractivity contribution in [2.45, 2.75) is 31.4 Å². The lowest BCUT2D eigenvalue weighted by Crippen LogP contribution is -2.31. The molecule has 7 nitrogen and oxygen atoms in total. The first-order valence-electron chi connectivity index (χ1n) is 11.4. The van der Waals surface area contributed by atoms with Crippen molar-refractivity contribution in [2.24, 2.45) is 0 Å². The number of rotatable bonds is 5. The normalized spacial score (nSPS) is 18.8. The topological polar surface area (TPSA) is 100 Å². The van der Waals surface area contributed by atoms with Gasteiger partial charge in [0.15, 0.2) is 17.3 Å². The molecule has 0 spiro atoms. The Kier molecular flexibility index (Phi) is 6.60. The van der Waals surface area contributed by atoms with E-state index in [0.29, 0.717) is 52.6 Å². The van der Waals surface area contributed by atoms with Gasteiger partial charge in [-0.15, -0.1) is 0 Å². The van der Waals surface area contributed by atoms with Gasteiger partial charge in [0.2, 0.25) is 12.7 Å². The van der Waals surface area contributed by atoms with Crippen LogP contribution in [0.5, 0.6) is 11.5 Å². The number of benzene rings is 2. The average Bonchev–Trinajstić information content (AvgIpc) is 3.34. The number of hydrogen-bond acceptors (Lipinski definition) is 7. The number of ether oxygens (including phenoxy) is 2. The molecule has 1 amide bonds. The minimum absolute atomic E-state index is 0.0604. The number of para-hydroxylation sites is 1. The van der Waals surface area contributed by atoms with Crippen molar-refractivity contribution in [3.8, 4) is 17.6 Å². The van der Waals surface area contributed by atoms with Gasteiger partial charge < -0.3 is 20.1 Å². The third kappa shape index (κ3) is 4.89. The average molecular weight is 528 g/mol. The highest BCUT2D eigenvalue weighted by Crippen LogP contribution is 2.46. The maximum absolute atomic E-state index is 13.3. The number of fused-ring (bicyclic) bond motifs is 1. The number of anilines is 1. The third-order valence-electron chi connectivity index (χ3n) is 6.25. The van der Waals surface area contributed by atoms with Crippen LogP contribution in [0, 0.1) is 11.3 Å². The van der Waals surface area contributed by atoms with Crippen LogP contribution in [0.3, 0.4) is 0 Å². The first kappa shape index (κ1) is 24.8. The molecule has 0 radical (unpaired) electrons. The molecule has 0 fully saturated rings. The molecule has 37 heavy (non-hydrogen) atoms. The summed E-state index contributed by atoms with van der Waals surface area (Å²) in [6.07, 6.45) is -3.01. The molecule has 1 unspecified atom stereocenters. The van der Waals surface area contributed by atoms with E-state index in [0.717, 1.165) is 17.8 Å². The number of carbonyl (C=O) groups is 2. The Hall–Kier alpha value is -3.91. The van der Waals surface area contributed by atoms with Crippen molar-refractivity contribution in [3.05, 3.63) is 75.5 Å². The summed E-state index contributed by atoms with van der Waals surface area (Å²) >= 11 is 1.00. The van der Waals surface area contributed by atoms with Gasteiger partial charge in [-0.05, 0) is 42.7 Å². The molecular weight excluding hydrogens is 507 g/mol. The Labute approximate surface area is 214 Å². The highest BCUT2D eigenvalue weighted by atomic mass is 32.2. The predicted molar refractivity (Wildman–Crippen MR) is 129 cm³/mol. The van der Waals surface area contributed by atoms with Crippen LogP contribution in [-0.2, 0) is 15.8 Å². The maximum Gasteiger partial charge on any atom is 0.418 e. The number of hydrogen-bond donors (Lipinski definition) is 2. The van der Waals surface area contributed by atoms with Crippen LogP contribution in [0.15, 0.2) is 64.3 Å². The SMILES string of the molecule is N#CC1=C(SCC(=O)Nc2ccccc2C(F)(F)F)NC2=C(C(=O)CCC2)C1c1ccc2c(c1)OCO2. The minimum atomic E-state index is -4.62. The van der Waals surface area contributed by atoms with Gasteiger partial charge in [0.1, 0.15) is 0 Å². The highest BCUT2D eigenvalue weighted by Gasteiger charge is 2.38. The number of allylic oxidation sites excluding steroid dienone is 3. The molecule has 2 heterocycles. The van der Waals surface area contributed by atoms with Gasteiger partial charge in [-0.1, -0.05) is 30.0 Å². The van der Waals surface area contributed by atoms with Crippen LogP contribution in [0.25, 0.3) is 0 Å². The summed E-state index contributed by atoms with van der Waals surface area (Å²) in [7, 11) is 0. The molecule has 2 aliphatic heterocycles. The summed E-state index contributed by atoms with van der Waals surface area (Å²) in [6, 6.07) is 12.2. The lowest BCUT2D eigenvalue weighted by molar-refractivity contribution is -0.137. The first-order chi connectivity index (χ1) is 17.8. The number of nitrogens with zero attached hydrogens (tertiary/aromatic N) is 1. The zero-order chi connectivity index (χ0) is 26.2. The van der Waals surface area contributed by atoms with Crippen molar-refractivity contribution >= 4 is 29.1 Å². The molecule has 0 aromatic heterocycles. The van der Waals surface area contributed by atoms with E-state index in [-0.39, 0.29) is 29.6 Å². The fourth-order valence-electron chi connectivity index (χ4n) is 4.63. The predicted octanol–water partition coefficient (Wildman–Crippen LogP) is 5.24. The first-order valence-corrected chi connectivity index (χ1v) is 12.4. The Bertz CT molecular complexity index is 1390. The molecule has 3 aliphatic rings. The summed E-state index contributed by atoms with van der Waals surface area (Å²) in [5.41, 5.74) is 0.832. The summed E-state index contributed by atoms with van der Waals surface area (Å²) < 4.78 is 50.7. The Morgan fingerprint density at radius 2 is 1.95 bits per heavy atom. The van der Waals surface area contributed by atoms with Crippen molar-refractivity contribution in [1.82, 2.24) is 5.32 Å². The zero-order valence-electron chi connectivity index (χ0n) is 19.3. The van der Waals surface area contributed by atoms with Crippen molar-refractivity contribution in [1.29, 1.82) is 5.26 Å². The number of amides is 1. The number of halogens is 3. The van der Waals surface area contributed by atoms with Gasteiger partial charge in [0.05, 0.1) is 39.6 Å². The summed E-state index contributed by atoms with van der Waals surface area (Å²) in [5.74, 6) is -0.558.